The van der Waals surface area contributed by atoms with E-state index in [2.05, 4.69) is 9.97 Å². The summed E-state index contributed by atoms with van der Waals surface area (Å²) < 4.78 is 0. The summed E-state index contributed by atoms with van der Waals surface area (Å²) in [4.78, 5) is 20.2. The molecule has 1 aromatic carbocycles. The fraction of sp³-hybridized carbons (Fsp3) is 0.154. The number of nitrogens with zero attached hydrogens (tertiary/aromatic N) is 2. The van der Waals surface area contributed by atoms with Crippen LogP contribution in [0.15, 0.2) is 36.5 Å². The molecule has 1 aromatic heterocycles. The van der Waals surface area contributed by atoms with Gasteiger partial charge >= 0.3 is 0 Å². The van der Waals surface area contributed by atoms with Gasteiger partial charge in [0, 0.05) is 11.8 Å². The molecule has 0 aliphatic carbocycles. The summed E-state index contributed by atoms with van der Waals surface area (Å²) in [6.07, 6.45) is 1.60. The normalized spacial score (nSPS) is 10.1. The Morgan fingerprint density at radius 1 is 1.12 bits per heavy atom. The van der Waals surface area contributed by atoms with Crippen molar-refractivity contribution in [2.75, 3.05) is 0 Å². The van der Waals surface area contributed by atoms with Crippen molar-refractivity contribution in [3.63, 3.8) is 0 Å². The fourth-order valence-electron chi connectivity index (χ4n) is 1.55. The van der Waals surface area contributed by atoms with Crippen molar-refractivity contribution in [3.8, 4) is 0 Å². The molecule has 0 saturated carbocycles. The molecule has 0 radical (unpaired) electrons. The molecule has 0 bridgehead atoms. The Bertz CT molecular complexity index is 535. The molecule has 0 fully saturated rings. The molecule has 0 amide bonds. The lowest BCUT2D eigenvalue weighted by Gasteiger charge is -2.03. The number of carbonyl (C=O) groups excluding carboxylic acids is 1. The number of rotatable bonds is 2. The van der Waals surface area contributed by atoms with Gasteiger partial charge in [0.25, 0.3) is 0 Å². The van der Waals surface area contributed by atoms with Crippen molar-refractivity contribution in [2.24, 2.45) is 0 Å². The predicted molar refractivity (Wildman–Crippen MR) is 61.4 cm³/mol. The first-order valence-corrected chi connectivity index (χ1v) is 5.08. The van der Waals surface area contributed by atoms with Crippen LogP contribution >= 0.6 is 0 Å². The second kappa shape index (κ2) is 4.23. The van der Waals surface area contributed by atoms with Crippen LogP contribution in [0.3, 0.4) is 0 Å². The van der Waals surface area contributed by atoms with E-state index < -0.39 is 0 Å². The van der Waals surface area contributed by atoms with Gasteiger partial charge in [0.1, 0.15) is 11.5 Å². The lowest BCUT2D eigenvalue weighted by atomic mass is 10.0. The van der Waals surface area contributed by atoms with Crippen LogP contribution in [0.4, 0.5) is 0 Å². The summed E-state index contributed by atoms with van der Waals surface area (Å²) >= 11 is 0. The van der Waals surface area contributed by atoms with Crippen LogP contribution < -0.4 is 0 Å². The first kappa shape index (κ1) is 10.5. The number of ketones is 1. The van der Waals surface area contributed by atoms with Crippen molar-refractivity contribution in [1.29, 1.82) is 0 Å². The molecule has 0 saturated heterocycles. The van der Waals surface area contributed by atoms with E-state index in [0.29, 0.717) is 17.1 Å². The van der Waals surface area contributed by atoms with E-state index in [1.165, 1.54) is 0 Å². The Balaban J connectivity index is 2.44. The fourth-order valence-corrected chi connectivity index (χ4v) is 1.55. The zero-order chi connectivity index (χ0) is 11.5. The molecule has 80 valence electrons. The summed E-state index contributed by atoms with van der Waals surface area (Å²) in [5.41, 5.74) is 2.10. The third-order valence-corrected chi connectivity index (χ3v) is 2.40. The Morgan fingerprint density at radius 2 is 1.88 bits per heavy atom. The molecule has 3 nitrogen and oxygen atoms in total. The third kappa shape index (κ3) is 1.98. The minimum atomic E-state index is -0.0522. The molecule has 3 heteroatoms. The average Bonchev–Trinajstić information content (AvgIpc) is 2.29. The molecule has 2 aromatic rings. The van der Waals surface area contributed by atoms with E-state index in [-0.39, 0.29) is 5.78 Å². The summed E-state index contributed by atoms with van der Waals surface area (Å²) in [5, 5.41) is 0. The number of benzene rings is 1. The van der Waals surface area contributed by atoms with Gasteiger partial charge in [-0.1, -0.05) is 24.3 Å². The van der Waals surface area contributed by atoms with Gasteiger partial charge in [-0.2, -0.15) is 0 Å². The first-order chi connectivity index (χ1) is 7.68. The second-order valence-electron chi connectivity index (χ2n) is 3.63. The molecule has 0 N–H and O–H groups in total. The topological polar surface area (TPSA) is 42.9 Å². The van der Waals surface area contributed by atoms with Gasteiger partial charge in [-0.3, -0.25) is 4.79 Å². The highest BCUT2D eigenvalue weighted by Crippen LogP contribution is 2.11. The lowest BCUT2D eigenvalue weighted by molar-refractivity contribution is 0.103. The van der Waals surface area contributed by atoms with Crippen molar-refractivity contribution < 1.29 is 4.79 Å². The molecular weight excluding hydrogens is 200 g/mol. The molecule has 2 rings (SSSR count). The van der Waals surface area contributed by atoms with Crippen LogP contribution in [0.25, 0.3) is 0 Å². The minimum absolute atomic E-state index is 0.0522. The van der Waals surface area contributed by atoms with Crippen LogP contribution in [-0.2, 0) is 0 Å². The van der Waals surface area contributed by atoms with Crippen molar-refractivity contribution >= 4 is 5.78 Å². The smallest absolute Gasteiger partial charge is 0.211 e. The van der Waals surface area contributed by atoms with Crippen LogP contribution in [0.5, 0.6) is 0 Å². The number of hydrogen-bond acceptors (Lipinski definition) is 3. The quantitative estimate of drug-likeness (QED) is 0.717. The molecule has 0 unspecified atom stereocenters. The van der Waals surface area contributed by atoms with Crippen molar-refractivity contribution in [1.82, 2.24) is 9.97 Å². The van der Waals surface area contributed by atoms with Crippen LogP contribution in [0, 0.1) is 13.8 Å². The summed E-state index contributed by atoms with van der Waals surface area (Å²) in [7, 11) is 0. The highest BCUT2D eigenvalue weighted by atomic mass is 16.1. The van der Waals surface area contributed by atoms with Gasteiger partial charge in [-0.05, 0) is 25.5 Å². The maximum atomic E-state index is 12.1. The minimum Gasteiger partial charge on any atom is -0.287 e. The molecule has 1 heterocycles. The van der Waals surface area contributed by atoms with Gasteiger partial charge in [0.05, 0.1) is 0 Å². The Hall–Kier alpha value is -2.03. The highest BCUT2D eigenvalue weighted by Gasteiger charge is 2.12. The number of aromatic nitrogens is 2. The monoisotopic (exact) mass is 212 g/mol. The van der Waals surface area contributed by atoms with E-state index in [1.54, 1.807) is 19.2 Å². The molecule has 0 aliphatic rings. The van der Waals surface area contributed by atoms with E-state index >= 15 is 0 Å². The van der Waals surface area contributed by atoms with Crippen molar-refractivity contribution in [3.05, 3.63) is 59.2 Å². The maximum Gasteiger partial charge on any atom is 0.211 e. The number of aryl methyl sites for hydroxylation is 2. The van der Waals surface area contributed by atoms with Gasteiger partial charge in [0.2, 0.25) is 5.78 Å². The lowest BCUT2D eigenvalue weighted by Crippen LogP contribution is -2.07. The molecule has 16 heavy (non-hydrogen) atoms. The van der Waals surface area contributed by atoms with E-state index in [9.17, 15) is 4.79 Å². The van der Waals surface area contributed by atoms with E-state index in [0.717, 1.165) is 5.56 Å². The zero-order valence-electron chi connectivity index (χ0n) is 9.27. The standard InChI is InChI=1S/C13H12N2O/c1-9-5-3-4-6-11(9)13(16)12-7-8-14-10(2)15-12/h3-8H,1-2H3. The summed E-state index contributed by atoms with van der Waals surface area (Å²) in [5.74, 6) is 0.558. The number of hydrogen-bond donors (Lipinski definition) is 0. The van der Waals surface area contributed by atoms with Gasteiger partial charge in [0.15, 0.2) is 0 Å². The Morgan fingerprint density at radius 3 is 2.56 bits per heavy atom. The maximum absolute atomic E-state index is 12.1. The molecule has 0 aliphatic heterocycles. The Kier molecular flexibility index (Phi) is 2.77. The Labute approximate surface area is 94.2 Å². The third-order valence-electron chi connectivity index (χ3n) is 2.40. The van der Waals surface area contributed by atoms with Gasteiger partial charge in [-0.15, -0.1) is 0 Å². The predicted octanol–water partition coefficient (Wildman–Crippen LogP) is 2.32. The summed E-state index contributed by atoms with van der Waals surface area (Å²) in [6.45, 7) is 3.69. The summed E-state index contributed by atoms with van der Waals surface area (Å²) in [6, 6.07) is 9.14. The molecular formula is C13H12N2O. The number of carbonyl (C=O) groups is 1. The first-order valence-electron chi connectivity index (χ1n) is 5.08. The highest BCUT2D eigenvalue weighted by molar-refractivity contribution is 6.08. The average molecular weight is 212 g/mol. The van der Waals surface area contributed by atoms with Gasteiger partial charge in [-0.25, -0.2) is 9.97 Å². The van der Waals surface area contributed by atoms with Gasteiger partial charge < -0.3 is 0 Å². The SMILES string of the molecule is Cc1nccc(C(=O)c2ccccc2C)n1. The van der Waals surface area contributed by atoms with Crippen LogP contribution in [-0.4, -0.2) is 15.8 Å². The molecule has 0 atom stereocenters. The van der Waals surface area contributed by atoms with Crippen LogP contribution in [0.2, 0.25) is 0 Å². The molecule has 0 spiro atoms. The van der Waals surface area contributed by atoms with Crippen LogP contribution in [0.1, 0.15) is 27.4 Å². The van der Waals surface area contributed by atoms with E-state index in [4.69, 9.17) is 0 Å². The zero-order valence-corrected chi connectivity index (χ0v) is 9.27. The second-order valence-corrected chi connectivity index (χ2v) is 3.63. The van der Waals surface area contributed by atoms with Crippen molar-refractivity contribution in [2.45, 2.75) is 13.8 Å². The largest absolute Gasteiger partial charge is 0.287 e. The van der Waals surface area contributed by atoms with E-state index in [1.807, 2.05) is 31.2 Å².